The minimum Gasteiger partial charge on any atom is -0.373 e. The van der Waals surface area contributed by atoms with Crippen LogP contribution in [-0.2, 0) is 10.9 Å². The Balaban J connectivity index is 1.36. The van der Waals surface area contributed by atoms with Gasteiger partial charge >= 0.3 is 6.18 Å². The van der Waals surface area contributed by atoms with E-state index in [2.05, 4.69) is 30.0 Å². The van der Waals surface area contributed by atoms with Crippen molar-refractivity contribution in [3.05, 3.63) is 30.2 Å². The molecule has 1 spiro atoms. The number of aromatic nitrogens is 5. The number of piperidine rings is 1. The van der Waals surface area contributed by atoms with Crippen molar-refractivity contribution < 1.29 is 17.9 Å². The third kappa shape index (κ3) is 3.72. The average molecular weight is 451 g/mol. The lowest BCUT2D eigenvalue weighted by Gasteiger charge is -2.41. The Morgan fingerprint density at radius 1 is 1.26 bits per heavy atom. The van der Waals surface area contributed by atoms with E-state index in [-0.39, 0.29) is 16.5 Å². The van der Waals surface area contributed by atoms with E-state index in [9.17, 15) is 13.2 Å². The van der Waals surface area contributed by atoms with Gasteiger partial charge in [-0.2, -0.15) is 18.3 Å². The fourth-order valence-corrected chi connectivity index (χ4v) is 5.13. The molecule has 0 amide bonds. The number of halogens is 3. The van der Waals surface area contributed by atoms with Crippen molar-refractivity contribution >= 4 is 28.7 Å². The van der Waals surface area contributed by atoms with Crippen LogP contribution in [0.5, 0.6) is 0 Å². The predicted molar refractivity (Wildman–Crippen MR) is 108 cm³/mol. The quantitative estimate of drug-likeness (QED) is 0.626. The van der Waals surface area contributed by atoms with E-state index in [1.54, 1.807) is 6.20 Å². The van der Waals surface area contributed by atoms with Gasteiger partial charge in [0, 0.05) is 36.8 Å². The summed E-state index contributed by atoms with van der Waals surface area (Å²) in [7, 11) is 0. The van der Waals surface area contributed by atoms with Crippen molar-refractivity contribution in [1.29, 1.82) is 0 Å². The monoisotopic (exact) mass is 451 g/mol. The molecule has 12 heteroatoms. The van der Waals surface area contributed by atoms with Gasteiger partial charge in [-0.25, -0.2) is 9.97 Å². The second-order valence-electron chi connectivity index (χ2n) is 7.70. The van der Waals surface area contributed by atoms with Gasteiger partial charge in [0.25, 0.3) is 0 Å². The number of nitrogens with two attached hydrogens (primary N) is 1. The number of aromatic amines is 1. The van der Waals surface area contributed by atoms with Crippen LogP contribution in [0.1, 0.15) is 25.0 Å². The van der Waals surface area contributed by atoms with Crippen LogP contribution in [0.3, 0.4) is 0 Å². The number of ether oxygens (including phenoxy) is 1. The number of alkyl halides is 3. The molecule has 1 unspecified atom stereocenters. The summed E-state index contributed by atoms with van der Waals surface area (Å²) in [5.74, 6) is 0.687. The highest BCUT2D eigenvalue weighted by molar-refractivity contribution is 7.99. The Hall–Kier alpha value is -2.44. The maximum atomic E-state index is 13.2. The molecule has 8 nitrogen and oxygen atoms in total. The molecule has 0 radical (unpaired) electrons. The molecular formula is C19H20F3N7OS. The molecule has 1 atom stereocenters. The molecule has 3 aromatic heterocycles. The molecule has 2 fully saturated rings. The Kier molecular flexibility index (Phi) is 5.02. The van der Waals surface area contributed by atoms with Crippen LogP contribution in [0.2, 0.25) is 0 Å². The number of H-pyrrole nitrogens is 1. The summed E-state index contributed by atoms with van der Waals surface area (Å²) >= 11 is 0.860. The summed E-state index contributed by atoms with van der Waals surface area (Å²) in [5, 5.41) is 7.23. The Bertz CT molecular complexity index is 1100. The molecule has 3 aromatic rings. The number of nitrogens with one attached hydrogen (secondary N) is 1. The first-order valence-corrected chi connectivity index (χ1v) is 10.7. The van der Waals surface area contributed by atoms with E-state index in [1.165, 1.54) is 12.1 Å². The van der Waals surface area contributed by atoms with Crippen LogP contribution in [0.4, 0.5) is 19.0 Å². The zero-order valence-corrected chi connectivity index (χ0v) is 17.2. The first-order chi connectivity index (χ1) is 14.9. The smallest absolute Gasteiger partial charge is 0.373 e. The molecule has 5 heterocycles. The number of fused-ring (bicyclic) bond motifs is 1. The number of hydrogen-bond acceptors (Lipinski definition) is 8. The molecular weight excluding hydrogens is 431 g/mol. The molecule has 0 saturated carbocycles. The van der Waals surface area contributed by atoms with Crippen molar-refractivity contribution in [3.63, 3.8) is 0 Å². The number of hydrogen-bond donors (Lipinski definition) is 2. The largest absolute Gasteiger partial charge is 0.434 e. The molecule has 2 aliphatic rings. The van der Waals surface area contributed by atoms with Gasteiger partial charge in [-0.15, -0.1) is 0 Å². The summed E-state index contributed by atoms with van der Waals surface area (Å²) in [6, 6.07) is 2.88. The summed E-state index contributed by atoms with van der Waals surface area (Å²) in [6.45, 7) is 2.19. The fourth-order valence-electron chi connectivity index (χ4n) is 4.17. The summed E-state index contributed by atoms with van der Waals surface area (Å²) < 4.78 is 45.6. The van der Waals surface area contributed by atoms with Gasteiger partial charge in [-0.05, 0) is 31.4 Å². The Labute approximate surface area is 179 Å². The lowest BCUT2D eigenvalue weighted by molar-refractivity contribution is -0.143. The molecule has 0 aromatic carbocycles. The highest BCUT2D eigenvalue weighted by Gasteiger charge is 2.44. The minimum atomic E-state index is -4.55. The van der Waals surface area contributed by atoms with E-state index in [4.69, 9.17) is 10.5 Å². The third-order valence-electron chi connectivity index (χ3n) is 5.90. The van der Waals surface area contributed by atoms with Crippen molar-refractivity contribution in [2.75, 3.05) is 24.6 Å². The van der Waals surface area contributed by atoms with Gasteiger partial charge in [-0.1, -0.05) is 11.8 Å². The van der Waals surface area contributed by atoms with Crippen LogP contribution in [-0.4, -0.2) is 56.5 Å². The minimum absolute atomic E-state index is 0.0384. The molecule has 164 valence electrons. The van der Waals surface area contributed by atoms with Gasteiger partial charge in [-0.3, -0.25) is 10.1 Å². The summed E-state index contributed by atoms with van der Waals surface area (Å²) in [5.41, 5.74) is 5.89. The SMILES string of the molecule is NC1CCOC12CCN(c1cnc3c(Sc4cccnc4C(F)(F)F)n[nH]c3n1)CC2. The normalized spacial score (nSPS) is 21.3. The first kappa shape index (κ1) is 20.5. The van der Waals surface area contributed by atoms with Crippen molar-refractivity contribution in [3.8, 4) is 0 Å². The van der Waals surface area contributed by atoms with Crippen LogP contribution in [0, 0.1) is 0 Å². The maximum absolute atomic E-state index is 13.2. The van der Waals surface area contributed by atoms with Crippen LogP contribution < -0.4 is 10.6 Å². The standard InChI is InChI=1S/C19H20F3N7OS/c20-19(21,22)15-11(2-1-6-24-15)31-17-14-16(27-28-17)26-13(10-25-14)29-7-4-18(5-8-29)12(23)3-9-30-18/h1-2,6,10,12H,3-5,7-9,23H2,(H,26,27,28). The fraction of sp³-hybridized carbons (Fsp3) is 0.474. The molecule has 31 heavy (non-hydrogen) atoms. The molecule has 0 bridgehead atoms. The van der Waals surface area contributed by atoms with Gasteiger partial charge in [0.2, 0.25) is 0 Å². The van der Waals surface area contributed by atoms with Crippen molar-refractivity contribution in [2.45, 2.75) is 47.0 Å². The molecule has 2 aliphatic heterocycles. The van der Waals surface area contributed by atoms with Gasteiger partial charge < -0.3 is 15.4 Å². The van der Waals surface area contributed by atoms with Gasteiger partial charge in [0.05, 0.1) is 11.8 Å². The zero-order valence-electron chi connectivity index (χ0n) is 16.4. The zero-order chi connectivity index (χ0) is 21.6. The van der Waals surface area contributed by atoms with E-state index in [1.807, 2.05) is 0 Å². The van der Waals surface area contributed by atoms with E-state index in [0.29, 0.717) is 28.6 Å². The first-order valence-electron chi connectivity index (χ1n) is 9.91. The second kappa shape index (κ2) is 7.61. The number of nitrogens with zero attached hydrogens (tertiary/aromatic N) is 5. The second-order valence-corrected chi connectivity index (χ2v) is 8.73. The summed E-state index contributed by atoms with van der Waals surface area (Å²) in [6.07, 6.45) is 0.717. The lowest BCUT2D eigenvalue weighted by Crippen LogP contribution is -2.53. The average Bonchev–Trinajstić information content (AvgIpc) is 3.31. The van der Waals surface area contributed by atoms with Crippen molar-refractivity contribution in [1.82, 2.24) is 25.1 Å². The molecule has 2 saturated heterocycles. The predicted octanol–water partition coefficient (Wildman–Crippen LogP) is 3.00. The topological polar surface area (TPSA) is 106 Å². The van der Waals surface area contributed by atoms with E-state index in [0.717, 1.165) is 50.3 Å². The van der Waals surface area contributed by atoms with Crippen LogP contribution >= 0.6 is 11.8 Å². The Morgan fingerprint density at radius 3 is 2.77 bits per heavy atom. The number of pyridine rings is 1. The molecule has 3 N–H and O–H groups in total. The Morgan fingerprint density at radius 2 is 2.06 bits per heavy atom. The highest BCUT2D eigenvalue weighted by atomic mass is 32.2. The maximum Gasteiger partial charge on any atom is 0.434 e. The van der Waals surface area contributed by atoms with Crippen LogP contribution in [0.25, 0.3) is 11.2 Å². The van der Waals surface area contributed by atoms with Crippen LogP contribution in [0.15, 0.2) is 34.4 Å². The van der Waals surface area contributed by atoms with E-state index >= 15 is 0 Å². The van der Waals surface area contributed by atoms with E-state index < -0.39 is 11.9 Å². The van der Waals surface area contributed by atoms with Gasteiger partial charge in [0.1, 0.15) is 11.3 Å². The van der Waals surface area contributed by atoms with Crippen molar-refractivity contribution in [2.24, 2.45) is 5.73 Å². The molecule has 5 rings (SSSR count). The number of anilines is 1. The lowest BCUT2D eigenvalue weighted by atomic mass is 9.85. The summed E-state index contributed by atoms with van der Waals surface area (Å²) in [4.78, 5) is 14.6. The highest BCUT2D eigenvalue weighted by Crippen LogP contribution is 2.39. The third-order valence-corrected chi connectivity index (χ3v) is 6.93. The number of rotatable bonds is 3. The molecule has 0 aliphatic carbocycles. The van der Waals surface area contributed by atoms with Gasteiger partial charge in [0.15, 0.2) is 16.4 Å².